The smallest absolute Gasteiger partial charge is 0.234 e. The van der Waals surface area contributed by atoms with Crippen molar-refractivity contribution in [3.05, 3.63) is 85.1 Å². The predicted octanol–water partition coefficient (Wildman–Crippen LogP) is 4.29. The van der Waals surface area contributed by atoms with Crippen molar-refractivity contribution in [3.63, 3.8) is 0 Å². The van der Waals surface area contributed by atoms with Crippen molar-refractivity contribution in [1.29, 1.82) is 0 Å². The van der Waals surface area contributed by atoms with Crippen molar-refractivity contribution in [2.24, 2.45) is 0 Å². The molecular formula is C19H19NO3S3. The predicted molar refractivity (Wildman–Crippen MR) is 109 cm³/mol. The van der Waals surface area contributed by atoms with Gasteiger partial charge in [-0.1, -0.05) is 35.9 Å². The molecule has 2 N–H and O–H groups in total. The van der Waals surface area contributed by atoms with Gasteiger partial charge in [0.05, 0.1) is 0 Å². The third kappa shape index (κ3) is 5.12. The largest absolute Gasteiger partial charge is 0.382 e. The fourth-order valence-electron chi connectivity index (χ4n) is 2.29. The molecule has 0 fully saturated rings. The summed E-state index contributed by atoms with van der Waals surface area (Å²) in [5, 5.41) is 13.4. The summed E-state index contributed by atoms with van der Waals surface area (Å²) in [5.74, 6) is 0. The lowest BCUT2D eigenvalue weighted by Gasteiger charge is -2.05. The van der Waals surface area contributed by atoms with E-state index in [-0.39, 0.29) is 6.54 Å². The van der Waals surface area contributed by atoms with Gasteiger partial charge in [-0.15, -0.1) is 22.7 Å². The van der Waals surface area contributed by atoms with Crippen LogP contribution < -0.4 is 4.72 Å². The van der Waals surface area contributed by atoms with Crippen molar-refractivity contribution in [2.45, 2.75) is 19.6 Å². The maximum Gasteiger partial charge on any atom is 0.234 e. The van der Waals surface area contributed by atoms with E-state index in [0.717, 1.165) is 25.8 Å². The van der Waals surface area contributed by atoms with Crippen LogP contribution in [-0.4, -0.2) is 13.5 Å². The average molecular weight is 406 g/mol. The lowest BCUT2D eigenvalue weighted by molar-refractivity contribution is 0.228. The van der Waals surface area contributed by atoms with Crippen molar-refractivity contribution in [1.82, 2.24) is 4.72 Å². The topological polar surface area (TPSA) is 66.4 Å². The van der Waals surface area contributed by atoms with Crippen LogP contribution in [0, 0.1) is 6.92 Å². The van der Waals surface area contributed by atoms with E-state index in [0.29, 0.717) is 0 Å². The van der Waals surface area contributed by atoms with Gasteiger partial charge in [0.2, 0.25) is 10.0 Å². The number of benzene rings is 1. The van der Waals surface area contributed by atoms with Gasteiger partial charge >= 0.3 is 0 Å². The van der Waals surface area contributed by atoms with Gasteiger partial charge in [0, 0.05) is 26.6 Å². The third-order valence-electron chi connectivity index (χ3n) is 3.73. The first-order chi connectivity index (χ1) is 12.4. The fraction of sp³-hybridized carbons (Fsp3) is 0.158. The highest BCUT2D eigenvalue weighted by molar-refractivity contribution is 7.92. The summed E-state index contributed by atoms with van der Waals surface area (Å²) >= 11 is 2.90. The van der Waals surface area contributed by atoms with Crippen LogP contribution in [0.3, 0.4) is 0 Å². The van der Waals surface area contributed by atoms with Crippen LogP contribution in [-0.2, 0) is 16.6 Å². The molecule has 136 valence electrons. The normalized spacial score (nSPS) is 13.3. The third-order valence-corrected chi connectivity index (χ3v) is 6.83. The van der Waals surface area contributed by atoms with Crippen LogP contribution in [0.15, 0.2) is 59.3 Å². The number of sulfonamides is 1. The number of rotatable bonds is 7. The maximum atomic E-state index is 12.1. The van der Waals surface area contributed by atoms with Gasteiger partial charge in [0.15, 0.2) is 0 Å². The highest BCUT2D eigenvalue weighted by Crippen LogP contribution is 2.30. The highest BCUT2D eigenvalue weighted by Gasteiger charge is 2.14. The van der Waals surface area contributed by atoms with Crippen LogP contribution in [0.5, 0.6) is 0 Å². The number of thiophene rings is 2. The minimum absolute atomic E-state index is 0.197. The van der Waals surface area contributed by atoms with E-state index in [4.69, 9.17) is 0 Å². The van der Waals surface area contributed by atoms with E-state index < -0.39 is 16.1 Å². The number of aryl methyl sites for hydroxylation is 1. The number of hydrogen-bond acceptors (Lipinski definition) is 5. The van der Waals surface area contributed by atoms with E-state index in [1.165, 1.54) is 28.1 Å². The zero-order valence-corrected chi connectivity index (χ0v) is 16.6. The molecule has 26 heavy (non-hydrogen) atoms. The Balaban J connectivity index is 1.60. The number of aliphatic hydroxyl groups excluding tert-OH is 1. The molecule has 1 unspecified atom stereocenters. The number of hydrogen-bond donors (Lipinski definition) is 2. The Morgan fingerprint density at radius 3 is 2.58 bits per heavy atom. The molecule has 1 aromatic carbocycles. The first kappa shape index (κ1) is 19.0. The molecule has 0 radical (unpaired) electrons. The minimum atomic E-state index is -3.53. The Labute approximate surface area is 161 Å². The van der Waals surface area contributed by atoms with Crippen LogP contribution in [0.4, 0.5) is 0 Å². The van der Waals surface area contributed by atoms with Gasteiger partial charge in [-0.25, -0.2) is 13.1 Å². The van der Waals surface area contributed by atoms with E-state index in [1.54, 1.807) is 6.08 Å². The molecule has 0 amide bonds. The lowest BCUT2D eigenvalue weighted by Crippen LogP contribution is -2.19. The van der Waals surface area contributed by atoms with Gasteiger partial charge < -0.3 is 5.11 Å². The zero-order chi connectivity index (χ0) is 18.6. The average Bonchev–Trinajstić information content (AvgIpc) is 3.31. The van der Waals surface area contributed by atoms with Crippen molar-refractivity contribution < 1.29 is 13.5 Å². The monoisotopic (exact) mass is 405 g/mol. The van der Waals surface area contributed by atoms with Gasteiger partial charge in [0.25, 0.3) is 0 Å². The zero-order valence-electron chi connectivity index (χ0n) is 14.1. The second-order valence-corrected chi connectivity index (χ2v) is 9.63. The highest BCUT2D eigenvalue weighted by atomic mass is 32.2. The van der Waals surface area contributed by atoms with Crippen molar-refractivity contribution in [2.75, 3.05) is 0 Å². The molecule has 2 heterocycles. The van der Waals surface area contributed by atoms with Crippen molar-refractivity contribution in [3.8, 4) is 0 Å². The molecule has 3 rings (SSSR count). The quantitative estimate of drug-likeness (QED) is 0.616. The Bertz CT molecular complexity index is 971. The summed E-state index contributed by atoms with van der Waals surface area (Å²) in [7, 11) is -3.53. The van der Waals surface area contributed by atoms with Gasteiger partial charge in [-0.2, -0.15) is 0 Å². The maximum absolute atomic E-state index is 12.1. The fourth-order valence-corrected chi connectivity index (χ4v) is 4.93. The van der Waals surface area contributed by atoms with Crippen LogP contribution in [0.2, 0.25) is 0 Å². The lowest BCUT2D eigenvalue weighted by atomic mass is 10.2. The summed E-state index contributed by atoms with van der Waals surface area (Å²) in [4.78, 5) is 2.53. The summed E-state index contributed by atoms with van der Waals surface area (Å²) in [6, 6.07) is 15.1. The molecule has 0 aliphatic rings. The number of aliphatic hydroxyl groups is 1. The Morgan fingerprint density at radius 2 is 1.88 bits per heavy atom. The van der Waals surface area contributed by atoms with Crippen LogP contribution in [0.1, 0.15) is 31.9 Å². The summed E-state index contributed by atoms with van der Waals surface area (Å²) in [5.41, 5.74) is 1.96. The first-order valence-electron chi connectivity index (χ1n) is 7.97. The second-order valence-electron chi connectivity index (χ2n) is 5.80. The standard InChI is InChI=1S/C19H19NO3S3/c1-14-4-6-15(7-5-14)10-12-26(22,23)20-13-16-8-9-18(25-16)19(21)17-3-2-11-24-17/h2-12,19-21H,13H2,1H3/b12-10+. The molecule has 0 bridgehead atoms. The van der Waals surface area contributed by atoms with Gasteiger partial charge in [0.1, 0.15) is 6.10 Å². The van der Waals surface area contributed by atoms with Crippen LogP contribution >= 0.6 is 22.7 Å². The molecular weight excluding hydrogens is 386 g/mol. The minimum Gasteiger partial charge on any atom is -0.382 e. The molecule has 0 saturated carbocycles. The van der Waals surface area contributed by atoms with Gasteiger partial charge in [-0.05, 0) is 42.1 Å². The SMILES string of the molecule is Cc1ccc(/C=C/S(=O)(=O)NCc2ccc(C(O)c3cccs3)s2)cc1. The molecule has 3 aromatic rings. The molecule has 0 aliphatic carbocycles. The summed E-state index contributed by atoms with van der Waals surface area (Å²) in [6.07, 6.45) is 0.911. The molecule has 2 aromatic heterocycles. The summed E-state index contributed by atoms with van der Waals surface area (Å²) < 4.78 is 26.8. The van der Waals surface area contributed by atoms with Gasteiger partial charge in [-0.3, -0.25) is 0 Å². The molecule has 4 nitrogen and oxygen atoms in total. The van der Waals surface area contributed by atoms with E-state index in [1.807, 2.05) is 60.8 Å². The van der Waals surface area contributed by atoms with Crippen molar-refractivity contribution >= 4 is 38.8 Å². The van der Waals surface area contributed by atoms with E-state index in [2.05, 4.69) is 4.72 Å². The molecule has 0 spiro atoms. The second kappa shape index (κ2) is 8.28. The Morgan fingerprint density at radius 1 is 1.12 bits per heavy atom. The Kier molecular flexibility index (Phi) is 6.05. The first-order valence-corrected chi connectivity index (χ1v) is 11.2. The molecule has 1 atom stereocenters. The number of nitrogens with one attached hydrogen (secondary N) is 1. The van der Waals surface area contributed by atoms with Crippen LogP contribution in [0.25, 0.3) is 6.08 Å². The molecule has 7 heteroatoms. The molecule has 0 saturated heterocycles. The van der Waals surface area contributed by atoms with E-state index >= 15 is 0 Å². The molecule has 0 aliphatic heterocycles. The van der Waals surface area contributed by atoms with E-state index in [9.17, 15) is 13.5 Å². The Hall–Kier alpha value is -1.77. The summed E-state index contributed by atoms with van der Waals surface area (Å²) in [6.45, 7) is 2.18.